The number of rotatable bonds is 10. The van der Waals surface area contributed by atoms with Crippen LogP contribution in [-0.4, -0.2) is 29.8 Å². The molecule has 2 atom stereocenters. The number of benzene rings is 2. The van der Waals surface area contributed by atoms with Gasteiger partial charge in [-0.3, -0.25) is 0 Å². The summed E-state index contributed by atoms with van der Waals surface area (Å²) in [6, 6.07) is 17.8. The van der Waals surface area contributed by atoms with Gasteiger partial charge in [-0.15, -0.1) is 0 Å². The summed E-state index contributed by atoms with van der Waals surface area (Å²) < 4.78 is 13.1. The minimum absolute atomic E-state index is 0. The van der Waals surface area contributed by atoms with Crippen molar-refractivity contribution < 1.29 is 59.9 Å². The molecular weight excluding hydrogens is 599 g/mol. The molecule has 2 nitrogen and oxygen atoms in total. The molecule has 36 heavy (non-hydrogen) atoms. The summed E-state index contributed by atoms with van der Waals surface area (Å²) in [5.41, 5.74) is 5.55. The van der Waals surface area contributed by atoms with E-state index in [1.54, 1.807) is 0 Å². The predicted molar refractivity (Wildman–Crippen MR) is 147 cm³/mol. The van der Waals surface area contributed by atoms with Gasteiger partial charge in [0.1, 0.15) is 0 Å². The molecule has 2 unspecified atom stereocenters. The minimum Gasteiger partial charge on any atom is -1.00 e. The van der Waals surface area contributed by atoms with Crippen LogP contribution in [0.15, 0.2) is 60.7 Å². The zero-order chi connectivity index (χ0) is 23.7. The van der Waals surface area contributed by atoms with E-state index in [9.17, 15) is 0 Å². The summed E-state index contributed by atoms with van der Waals surface area (Å²) in [6.07, 6.45) is 11.7. The van der Waals surface area contributed by atoms with Crippen molar-refractivity contribution in [2.45, 2.75) is 64.0 Å². The zero-order valence-electron chi connectivity index (χ0n) is 22.5. The third-order valence-corrected chi connectivity index (χ3v) is 9.01. The van der Waals surface area contributed by atoms with Gasteiger partial charge in [-0.25, -0.2) is 0 Å². The predicted octanol–water partition coefficient (Wildman–Crippen LogP) is 2.08. The fourth-order valence-electron chi connectivity index (χ4n) is 5.39. The Morgan fingerprint density at radius 2 is 1.14 bits per heavy atom. The van der Waals surface area contributed by atoms with Gasteiger partial charge in [0, 0.05) is 30.5 Å². The summed E-state index contributed by atoms with van der Waals surface area (Å²) in [4.78, 5) is 0. The van der Waals surface area contributed by atoms with Crippen molar-refractivity contribution in [1.82, 2.24) is 0 Å². The molecule has 0 aromatic heterocycles. The standard InChI is InChI=1S/C29H40O2Si2.2ClH.Zr/c1-32(2,3)30-21-11-20-29(22-31-33(4,5)6,27-18-16-23-12-7-9-14-25(23)27)28-19-17-24-13-8-10-15-26(24)28;;;/h7-10,12-19,27-28H,11,20-22H2,1-6H3;2*1H;/q;;;+2/p-2. The van der Waals surface area contributed by atoms with Crippen LogP contribution in [0.2, 0.25) is 39.3 Å². The Morgan fingerprint density at radius 1 is 0.694 bits per heavy atom. The van der Waals surface area contributed by atoms with Gasteiger partial charge in [0.25, 0.3) is 0 Å². The molecule has 0 heterocycles. The molecule has 0 N–H and O–H groups in total. The van der Waals surface area contributed by atoms with Gasteiger partial charge >= 0.3 is 26.2 Å². The number of halogens is 2. The molecule has 2 aromatic carbocycles. The van der Waals surface area contributed by atoms with Crippen LogP contribution < -0.4 is 24.8 Å². The first-order valence-electron chi connectivity index (χ1n) is 12.4. The van der Waals surface area contributed by atoms with E-state index in [2.05, 4.69) is 112 Å². The number of fused-ring (bicyclic) bond motifs is 2. The van der Waals surface area contributed by atoms with Gasteiger partial charge in [0.2, 0.25) is 0 Å². The molecule has 0 radical (unpaired) electrons. The summed E-state index contributed by atoms with van der Waals surface area (Å²) in [6.45, 7) is 15.4. The molecule has 0 fully saturated rings. The van der Waals surface area contributed by atoms with Gasteiger partial charge in [-0.05, 0) is 74.4 Å². The van der Waals surface area contributed by atoms with Gasteiger partial charge < -0.3 is 33.7 Å². The largest absolute Gasteiger partial charge is 2.00 e. The number of hydrogen-bond acceptors (Lipinski definition) is 2. The summed E-state index contributed by atoms with van der Waals surface area (Å²) >= 11 is 0. The molecule has 0 saturated carbocycles. The van der Waals surface area contributed by atoms with Crippen LogP contribution in [0.1, 0.15) is 46.9 Å². The molecule has 2 aromatic rings. The van der Waals surface area contributed by atoms with Crippen LogP contribution >= 0.6 is 0 Å². The Morgan fingerprint density at radius 3 is 1.58 bits per heavy atom. The maximum absolute atomic E-state index is 6.79. The van der Waals surface area contributed by atoms with E-state index in [-0.39, 0.29) is 56.4 Å². The first-order valence-corrected chi connectivity index (χ1v) is 19.2. The third kappa shape index (κ3) is 7.88. The van der Waals surface area contributed by atoms with E-state index < -0.39 is 16.6 Å². The molecule has 0 bridgehead atoms. The summed E-state index contributed by atoms with van der Waals surface area (Å²) in [5, 5.41) is 0. The molecule has 194 valence electrons. The maximum Gasteiger partial charge on any atom is 2.00 e. The van der Waals surface area contributed by atoms with E-state index in [4.69, 9.17) is 8.85 Å². The summed E-state index contributed by atoms with van der Waals surface area (Å²) in [5.74, 6) is 0.662. The molecule has 2 aliphatic carbocycles. The molecule has 4 rings (SSSR count). The van der Waals surface area contributed by atoms with Gasteiger partial charge in [-0.2, -0.15) is 0 Å². The van der Waals surface area contributed by atoms with Crippen molar-refractivity contribution in [2.75, 3.05) is 13.2 Å². The van der Waals surface area contributed by atoms with Crippen LogP contribution in [0.3, 0.4) is 0 Å². The van der Waals surface area contributed by atoms with Crippen LogP contribution in [-0.2, 0) is 35.1 Å². The Balaban J connectivity index is 0.00000216. The van der Waals surface area contributed by atoms with E-state index >= 15 is 0 Å². The smallest absolute Gasteiger partial charge is 1.00 e. The first-order chi connectivity index (χ1) is 15.6. The second-order valence-electron chi connectivity index (χ2n) is 11.6. The van der Waals surface area contributed by atoms with Crippen LogP contribution in [0.4, 0.5) is 0 Å². The van der Waals surface area contributed by atoms with Gasteiger partial charge in [0.05, 0.1) is 0 Å². The Hall–Kier alpha value is -0.263. The molecule has 0 saturated heterocycles. The van der Waals surface area contributed by atoms with Crippen LogP contribution in [0, 0.1) is 5.41 Å². The molecule has 7 heteroatoms. The first kappa shape index (κ1) is 33.8. The SMILES string of the molecule is C[Si](C)(C)OCCCC(CO[Si](C)(C)C)(C1C=Cc2ccccc21)C1C=Cc2ccccc21.[Cl-].[Cl-].[Zr+2]. The Kier molecular flexibility index (Phi) is 12.8. The van der Waals surface area contributed by atoms with Crippen molar-refractivity contribution in [3.8, 4) is 0 Å². The normalized spacial score (nSPS) is 19.4. The van der Waals surface area contributed by atoms with E-state index in [1.807, 2.05) is 0 Å². The molecule has 0 aliphatic heterocycles. The maximum atomic E-state index is 6.79. The Bertz CT molecular complexity index is 983. The average molecular weight is 639 g/mol. The minimum atomic E-state index is -1.70. The number of allylic oxidation sites excluding steroid dienone is 2. The Labute approximate surface area is 252 Å². The van der Waals surface area contributed by atoms with Crippen molar-refractivity contribution in [2.24, 2.45) is 5.41 Å². The van der Waals surface area contributed by atoms with Crippen molar-refractivity contribution in [1.29, 1.82) is 0 Å². The monoisotopic (exact) mass is 636 g/mol. The second kappa shape index (κ2) is 13.7. The van der Waals surface area contributed by atoms with E-state index in [0.717, 1.165) is 26.1 Å². The molecule has 0 amide bonds. The molecular formula is C29H40Cl2O2Si2Zr. The van der Waals surface area contributed by atoms with Gasteiger partial charge in [-0.1, -0.05) is 72.8 Å². The quantitative estimate of drug-likeness (QED) is 0.293. The fraction of sp³-hybridized carbons (Fsp3) is 0.448. The van der Waals surface area contributed by atoms with Crippen LogP contribution in [0.25, 0.3) is 12.2 Å². The van der Waals surface area contributed by atoms with Crippen LogP contribution in [0.5, 0.6) is 0 Å². The topological polar surface area (TPSA) is 18.5 Å². The zero-order valence-corrected chi connectivity index (χ0v) is 28.5. The summed E-state index contributed by atoms with van der Waals surface area (Å²) in [7, 11) is -3.23. The average Bonchev–Trinajstić information content (AvgIpc) is 3.37. The van der Waals surface area contributed by atoms with E-state index in [0.29, 0.717) is 11.8 Å². The van der Waals surface area contributed by atoms with Crippen molar-refractivity contribution >= 4 is 28.8 Å². The number of hydrogen-bond donors (Lipinski definition) is 0. The molecule has 2 aliphatic rings. The van der Waals surface area contributed by atoms with E-state index in [1.165, 1.54) is 22.3 Å². The molecule has 0 spiro atoms. The van der Waals surface area contributed by atoms with Gasteiger partial charge in [0.15, 0.2) is 16.6 Å². The fourth-order valence-corrected chi connectivity index (χ4v) is 6.85. The van der Waals surface area contributed by atoms with Crippen molar-refractivity contribution in [3.05, 3.63) is 82.9 Å². The van der Waals surface area contributed by atoms with Crippen molar-refractivity contribution in [3.63, 3.8) is 0 Å². The second-order valence-corrected chi connectivity index (χ2v) is 20.7. The third-order valence-electron chi connectivity index (χ3n) is 6.93.